The minimum Gasteiger partial charge on any atom is -0.258 e. The lowest BCUT2D eigenvalue weighted by molar-refractivity contribution is 1.12. The maximum Gasteiger partial charge on any atom is 0.0388 e. The van der Waals surface area contributed by atoms with Crippen molar-refractivity contribution in [1.29, 1.82) is 0 Å². The number of nitrogens with zero attached hydrogens (tertiary/aromatic N) is 2. The number of rotatable bonds is 0. The summed E-state index contributed by atoms with van der Waals surface area (Å²) < 4.78 is 0. The van der Waals surface area contributed by atoms with Crippen molar-refractivity contribution in [1.82, 2.24) is 9.97 Å². The van der Waals surface area contributed by atoms with Gasteiger partial charge in [0.05, 0.1) is 0 Å². The summed E-state index contributed by atoms with van der Waals surface area (Å²) >= 11 is 0. The second-order valence-electron chi connectivity index (χ2n) is 6.35. The lowest BCUT2D eigenvalue weighted by Crippen LogP contribution is -1.88. The van der Waals surface area contributed by atoms with Crippen LogP contribution >= 0.6 is 0 Å². The van der Waals surface area contributed by atoms with E-state index in [-0.39, 0.29) is 0 Å². The van der Waals surface area contributed by atoms with Crippen LogP contribution in [0.25, 0.3) is 0 Å². The van der Waals surface area contributed by atoms with Gasteiger partial charge in [-0.05, 0) is 76.2 Å². The SMILES string of the molecule is Cc1cc(C#Cc2ccc(C#Cc3cc(C)nc(C)c3)cc2)cc(C)n1. The highest BCUT2D eigenvalue weighted by Crippen LogP contribution is 2.07. The molecule has 0 spiro atoms. The molecule has 2 heteroatoms. The summed E-state index contributed by atoms with van der Waals surface area (Å²) in [7, 11) is 0. The Balaban J connectivity index is 1.77. The predicted molar refractivity (Wildman–Crippen MR) is 106 cm³/mol. The van der Waals surface area contributed by atoms with Gasteiger partial charge in [-0.3, -0.25) is 9.97 Å². The Hall–Kier alpha value is -3.36. The molecule has 0 fully saturated rings. The molecule has 0 atom stereocenters. The van der Waals surface area contributed by atoms with Crippen LogP contribution in [-0.2, 0) is 0 Å². The smallest absolute Gasteiger partial charge is 0.0388 e. The van der Waals surface area contributed by atoms with E-state index in [1.807, 2.05) is 76.2 Å². The van der Waals surface area contributed by atoms with Gasteiger partial charge in [-0.2, -0.15) is 0 Å². The average molecular weight is 336 g/mol. The van der Waals surface area contributed by atoms with Crippen molar-refractivity contribution in [2.24, 2.45) is 0 Å². The summed E-state index contributed by atoms with van der Waals surface area (Å²) in [6.45, 7) is 7.93. The maximum atomic E-state index is 4.37. The number of benzene rings is 1. The predicted octanol–water partition coefficient (Wildman–Crippen LogP) is 4.51. The molecule has 0 aliphatic carbocycles. The Morgan fingerprint density at radius 1 is 0.462 bits per heavy atom. The van der Waals surface area contributed by atoms with Gasteiger partial charge in [0.15, 0.2) is 0 Å². The summed E-state index contributed by atoms with van der Waals surface area (Å²) in [6.07, 6.45) is 0. The van der Waals surface area contributed by atoms with Crippen LogP contribution in [0.2, 0.25) is 0 Å². The molecule has 126 valence electrons. The van der Waals surface area contributed by atoms with Crippen molar-refractivity contribution in [3.8, 4) is 23.7 Å². The summed E-state index contributed by atoms with van der Waals surface area (Å²) in [5, 5.41) is 0. The third-order valence-corrected chi connectivity index (χ3v) is 3.75. The Kier molecular flexibility index (Phi) is 5.16. The topological polar surface area (TPSA) is 25.8 Å². The minimum absolute atomic E-state index is 0.971. The van der Waals surface area contributed by atoms with Crippen LogP contribution < -0.4 is 0 Å². The summed E-state index contributed by atoms with van der Waals surface area (Å²) in [5.41, 5.74) is 7.87. The second-order valence-corrected chi connectivity index (χ2v) is 6.35. The third-order valence-electron chi connectivity index (χ3n) is 3.75. The van der Waals surface area contributed by atoms with E-state index in [2.05, 4.69) is 33.6 Å². The van der Waals surface area contributed by atoms with E-state index in [9.17, 15) is 0 Å². The first-order valence-electron chi connectivity index (χ1n) is 8.53. The van der Waals surface area contributed by atoms with E-state index >= 15 is 0 Å². The number of pyridine rings is 2. The van der Waals surface area contributed by atoms with Gasteiger partial charge in [0.1, 0.15) is 0 Å². The molecular formula is C24H20N2. The molecule has 2 aromatic heterocycles. The van der Waals surface area contributed by atoms with Gasteiger partial charge in [0.2, 0.25) is 0 Å². The summed E-state index contributed by atoms with van der Waals surface area (Å²) in [4.78, 5) is 8.74. The highest BCUT2D eigenvalue weighted by Gasteiger charge is 1.95. The number of aryl methyl sites for hydroxylation is 4. The van der Waals surface area contributed by atoms with Crippen LogP contribution in [0, 0.1) is 51.4 Å². The number of hydrogen-bond acceptors (Lipinski definition) is 2. The van der Waals surface area contributed by atoms with Crippen molar-refractivity contribution >= 4 is 0 Å². The first-order valence-corrected chi connectivity index (χ1v) is 8.53. The Bertz CT molecular complexity index is 940. The van der Waals surface area contributed by atoms with Gasteiger partial charge >= 0.3 is 0 Å². The first kappa shape index (κ1) is 17.5. The molecule has 2 heterocycles. The molecule has 1 aromatic carbocycles. The standard InChI is InChI=1S/C24H20N2/c1-17-13-23(14-18(2)25-17)11-9-21-5-7-22(8-6-21)10-12-24-15-19(3)26-20(4)16-24/h5-8,13-16H,1-4H3. The van der Waals surface area contributed by atoms with E-state index in [1.54, 1.807) is 0 Å². The van der Waals surface area contributed by atoms with Gasteiger partial charge in [0, 0.05) is 45.0 Å². The molecule has 0 saturated carbocycles. The van der Waals surface area contributed by atoms with Gasteiger partial charge < -0.3 is 0 Å². The van der Waals surface area contributed by atoms with Gasteiger partial charge in [-0.25, -0.2) is 0 Å². The fraction of sp³-hybridized carbons (Fsp3) is 0.167. The van der Waals surface area contributed by atoms with Crippen molar-refractivity contribution in [2.45, 2.75) is 27.7 Å². The molecule has 2 nitrogen and oxygen atoms in total. The van der Waals surface area contributed by atoms with Crippen LogP contribution in [0.15, 0.2) is 48.5 Å². The third kappa shape index (κ3) is 4.82. The zero-order valence-electron chi connectivity index (χ0n) is 15.5. The lowest BCUT2D eigenvalue weighted by Gasteiger charge is -1.97. The highest BCUT2D eigenvalue weighted by atomic mass is 14.7. The molecule has 0 bridgehead atoms. The Labute approximate surface area is 155 Å². The minimum atomic E-state index is 0.971. The fourth-order valence-electron chi connectivity index (χ4n) is 2.74. The lowest BCUT2D eigenvalue weighted by atomic mass is 10.1. The molecule has 0 unspecified atom stereocenters. The zero-order valence-corrected chi connectivity index (χ0v) is 15.5. The van der Waals surface area contributed by atoms with Crippen LogP contribution in [0.1, 0.15) is 45.0 Å². The Morgan fingerprint density at radius 2 is 0.731 bits per heavy atom. The fourth-order valence-corrected chi connectivity index (χ4v) is 2.74. The molecule has 0 saturated heterocycles. The molecule has 0 N–H and O–H groups in total. The van der Waals surface area contributed by atoms with Crippen LogP contribution in [0.4, 0.5) is 0 Å². The zero-order chi connectivity index (χ0) is 18.5. The molecule has 3 rings (SSSR count). The summed E-state index contributed by atoms with van der Waals surface area (Å²) in [6, 6.07) is 16.0. The average Bonchev–Trinajstić information content (AvgIpc) is 2.57. The number of hydrogen-bond donors (Lipinski definition) is 0. The van der Waals surface area contributed by atoms with Gasteiger partial charge in [0.25, 0.3) is 0 Å². The van der Waals surface area contributed by atoms with Crippen LogP contribution in [0.3, 0.4) is 0 Å². The summed E-state index contributed by atoms with van der Waals surface area (Å²) in [5.74, 6) is 12.8. The van der Waals surface area contributed by atoms with Crippen LogP contribution in [-0.4, -0.2) is 9.97 Å². The number of aromatic nitrogens is 2. The van der Waals surface area contributed by atoms with Gasteiger partial charge in [-0.15, -0.1) is 0 Å². The molecule has 0 amide bonds. The van der Waals surface area contributed by atoms with E-state index < -0.39 is 0 Å². The van der Waals surface area contributed by atoms with Gasteiger partial charge in [-0.1, -0.05) is 23.7 Å². The molecule has 26 heavy (non-hydrogen) atoms. The monoisotopic (exact) mass is 336 g/mol. The molecule has 0 aliphatic rings. The maximum absolute atomic E-state index is 4.37. The Morgan fingerprint density at radius 3 is 1.04 bits per heavy atom. The van der Waals surface area contributed by atoms with E-state index in [0.29, 0.717) is 0 Å². The highest BCUT2D eigenvalue weighted by molar-refractivity contribution is 5.48. The quantitative estimate of drug-likeness (QED) is 0.565. The van der Waals surface area contributed by atoms with Crippen molar-refractivity contribution in [2.75, 3.05) is 0 Å². The first-order chi connectivity index (χ1) is 12.5. The molecule has 3 aromatic rings. The molecule has 0 aliphatic heterocycles. The van der Waals surface area contributed by atoms with E-state index in [0.717, 1.165) is 45.0 Å². The van der Waals surface area contributed by atoms with Crippen LogP contribution in [0.5, 0.6) is 0 Å². The van der Waals surface area contributed by atoms with Crippen molar-refractivity contribution in [3.05, 3.63) is 93.6 Å². The molecule has 0 radical (unpaired) electrons. The van der Waals surface area contributed by atoms with Crippen molar-refractivity contribution in [3.63, 3.8) is 0 Å². The van der Waals surface area contributed by atoms with Crippen molar-refractivity contribution < 1.29 is 0 Å². The van der Waals surface area contributed by atoms with E-state index in [4.69, 9.17) is 0 Å². The molecular weight excluding hydrogens is 316 g/mol. The largest absolute Gasteiger partial charge is 0.258 e. The normalized spacial score (nSPS) is 9.69. The second kappa shape index (κ2) is 7.68. The van der Waals surface area contributed by atoms with E-state index in [1.165, 1.54) is 0 Å².